The average Bonchev–Trinajstić information content (AvgIpc) is 2.30. The third-order valence-corrected chi connectivity index (χ3v) is 2.28. The first-order chi connectivity index (χ1) is 7.81. The van der Waals surface area contributed by atoms with Gasteiger partial charge in [-0.15, -0.1) is 23.4 Å². The van der Waals surface area contributed by atoms with Crippen LogP contribution in [0, 0.1) is 23.7 Å². The Hall–Kier alpha value is -0.630. The molecule has 0 aromatic carbocycles. The van der Waals surface area contributed by atoms with Gasteiger partial charge >= 0.3 is 0 Å². The van der Waals surface area contributed by atoms with Gasteiger partial charge in [0.05, 0.1) is 5.88 Å². The summed E-state index contributed by atoms with van der Waals surface area (Å²) in [6.07, 6.45) is 6.61. The first-order valence-electron chi connectivity index (χ1n) is 5.99. The van der Waals surface area contributed by atoms with Crippen molar-refractivity contribution < 1.29 is 5.11 Å². The van der Waals surface area contributed by atoms with Crippen LogP contribution in [0.1, 0.15) is 51.9 Å². The number of hydrogen-bond donors (Lipinski definition) is 1. The van der Waals surface area contributed by atoms with Crippen LogP contribution >= 0.6 is 11.6 Å². The number of unbranched alkanes of at least 4 members (excludes halogenated alkanes) is 4. The lowest BCUT2D eigenvalue weighted by Gasteiger charge is -1.99. The monoisotopic (exact) mass is 240 g/mol. The molecule has 0 aliphatic heterocycles. The molecule has 0 aromatic rings. The van der Waals surface area contributed by atoms with Gasteiger partial charge in [0, 0.05) is 12.8 Å². The first-order valence-corrected chi connectivity index (χ1v) is 6.52. The zero-order valence-corrected chi connectivity index (χ0v) is 10.8. The SMILES string of the molecule is CCCCCC#CCCCC(O)C#CCCl. The average molecular weight is 241 g/mol. The molecule has 0 aromatic heterocycles. The lowest BCUT2D eigenvalue weighted by atomic mass is 10.1. The molecule has 1 N–H and O–H groups in total. The van der Waals surface area contributed by atoms with Crippen LogP contribution in [0.3, 0.4) is 0 Å². The maximum Gasteiger partial charge on any atom is 0.114 e. The van der Waals surface area contributed by atoms with E-state index < -0.39 is 6.10 Å². The fraction of sp³-hybridized carbons (Fsp3) is 0.714. The predicted octanol–water partition coefficient (Wildman–Crippen LogP) is 3.34. The zero-order chi connectivity index (χ0) is 12.1. The van der Waals surface area contributed by atoms with Crippen molar-refractivity contribution >= 4 is 11.6 Å². The van der Waals surface area contributed by atoms with E-state index in [1.54, 1.807) is 0 Å². The van der Waals surface area contributed by atoms with Gasteiger partial charge in [-0.2, -0.15) is 0 Å². The maximum atomic E-state index is 9.37. The molecule has 0 rings (SSSR count). The van der Waals surface area contributed by atoms with Crippen LogP contribution in [0.2, 0.25) is 0 Å². The van der Waals surface area contributed by atoms with Crippen LogP contribution in [-0.4, -0.2) is 17.1 Å². The Morgan fingerprint density at radius 2 is 1.75 bits per heavy atom. The van der Waals surface area contributed by atoms with Gasteiger partial charge in [0.2, 0.25) is 0 Å². The highest BCUT2D eigenvalue weighted by Crippen LogP contribution is 2.00. The van der Waals surface area contributed by atoms with E-state index in [-0.39, 0.29) is 5.88 Å². The van der Waals surface area contributed by atoms with Crippen LogP contribution in [0.25, 0.3) is 0 Å². The normalized spacial score (nSPS) is 10.9. The summed E-state index contributed by atoms with van der Waals surface area (Å²) >= 11 is 5.38. The van der Waals surface area contributed by atoms with Gasteiger partial charge in [-0.1, -0.05) is 31.6 Å². The topological polar surface area (TPSA) is 20.2 Å². The largest absolute Gasteiger partial charge is 0.380 e. The van der Waals surface area contributed by atoms with E-state index in [1.165, 1.54) is 19.3 Å². The van der Waals surface area contributed by atoms with E-state index in [2.05, 4.69) is 30.6 Å². The summed E-state index contributed by atoms with van der Waals surface area (Å²) in [5, 5.41) is 9.37. The second-order valence-corrected chi connectivity index (χ2v) is 3.94. The molecule has 1 nitrogen and oxygen atoms in total. The summed E-state index contributed by atoms with van der Waals surface area (Å²) < 4.78 is 0. The van der Waals surface area contributed by atoms with Crippen molar-refractivity contribution in [1.29, 1.82) is 0 Å². The van der Waals surface area contributed by atoms with Crippen LogP contribution in [-0.2, 0) is 0 Å². The third kappa shape index (κ3) is 11.4. The van der Waals surface area contributed by atoms with Crippen molar-refractivity contribution in [3.05, 3.63) is 0 Å². The molecule has 0 fully saturated rings. The van der Waals surface area contributed by atoms with Crippen LogP contribution in [0.4, 0.5) is 0 Å². The van der Waals surface area contributed by atoms with Gasteiger partial charge in [-0.3, -0.25) is 0 Å². The van der Waals surface area contributed by atoms with Crippen molar-refractivity contribution in [3.8, 4) is 23.7 Å². The van der Waals surface area contributed by atoms with Gasteiger partial charge < -0.3 is 5.11 Å². The number of rotatable bonds is 6. The molecule has 0 saturated carbocycles. The smallest absolute Gasteiger partial charge is 0.114 e. The number of halogens is 1. The van der Waals surface area contributed by atoms with Crippen LogP contribution in [0.15, 0.2) is 0 Å². The minimum atomic E-state index is -0.541. The maximum absolute atomic E-state index is 9.37. The quantitative estimate of drug-likeness (QED) is 0.429. The van der Waals surface area contributed by atoms with Crippen molar-refractivity contribution in [2.24, 2.45) is 0 Å². The van der Waals surface area contributed by atoms with E-state index in [9.17, 15) is 5.11 Å². The summed E-state index contributed by atoms with van der Waals surface area (Å²) in [7, 11) is 0. The Balaban J connectivity index is 3.37. The molecule has 2 heteroatoms. The fourth-order valence-electron chi connectivity index (χ4n) is 1.25. The Morgan fingerprint density at radius 1 is 1.06 bits per heavy atom. The lowest BCUT2D eigenvalue weighted by molar-refractivity contribution is 0.219. The van der Waals surface area contributed by atoms with E-state index >= 15 is 0 Å². The fourth-order valence-corrected chi connectivity index (χ4v) is 1.33. The molecule has 1 unspecified atom stereocenters. The molecule has 0 bridgehead atoms. The second kappa shape index (κ2) is 12.4. The summed E-state index contributed by atoms with van der Waals surface area (Å²) in [6, 6.07) is 0. The number of hydrogen-bond acceptors (Lipinski definition) is 1. The molecule has 0 radical (unpaired) electrons. The van der Waals surface area contributed by atoms with E-state index in [0.29, 0.717) is 6.42 Å². The molecular weight excluding hydrogens is 220 g/mol. The summed E-state index contributed by atoms with van der Waals surface area (Å²) in [5.41, 5.74) is 0. The summed E-state index contributed by atoms with van der Waals surface area (Å²) in [5.74, 6) is 11.9. The van der Waals surface area contributed by atoms with E-state index in [4.69, 9.17) is 11.6 Å². The van der Waals surface area contributed by atoms with Crippen molar-refractivity contribution in [1.82, 2.24) is 0 Å². The van der Waals surface area contributed by atoms with Crippen LogP contribution in [0.5, 0.6) is 0 Å². The van der Waals surface area contributed by atoms with E-state index in [1.807, 2.05) is 0 Å². The summed E-state index contributed by atoms with van der Waals surface area (Å²) in [6.45, 7) is 2.19. The summed E-state index contributed by atoms with van der Waals surface area (Å²) in [4.78, 5) is 0. The van der Waals surface area contributed by atoms with Gasteiger partial charge in [0.25, 0.3) is 0 Å². The Labute approximate surface area is 105 Å². The Kier molecular flexibility index (Phi) is 11.9. The second-order valence-electron chi connectivity index (χ2n) is 3.67. The minimum Gasteiger partial charge on any atom is -0.380 e. The molecule has 0 aliphatic carbocycles. The van der Waals surface area contributed by atoms with Crippen molar-refractivity contribution in [3.63, 3.8) is 0 Å². The standard InChI is InChI=1S/C14H21ClO/c1-2-3-4-5-6-7-8-9-11-14(16)12-10-13-15/h14,16H,2-5,8-9,11,13H2,1H3. The third-order valence-electron chi connectivity index (χ3n) is 2.15. The van der Waals surface area contributed by atoms with Gasteiger partial charge in [0.1, 0.15) is 6.10 Å². The van der Waals surface area contributed by atoms with Crippen molar-refractivity contribution in [2.45, 2.75) is 58.0 Å². The first kappa shape index (κ1) is 15.4. The lowest BCUT2D eigenvalue weighted by Crippen LogP contribution is -2.01. The highest BCUT2D eigenvalue weighted by Gasteiger charge is 1.96. The van der Waals surface area contributed by atoms with Gasteiger partial charge in [0.15, 0.2) is 0 Å². The van der Waals surface area contributed by atoms with Crippen molar-refractivity contribution in [2.75, 3.05) is 5.88 Å². The Bertz CT molecular complexity index is 264. The molecular formula is C14H21ClO. The Morgan fingerprint density at radius 3 is 2.38 bits per heavy atom. The molecule has 0 heterocycles. The molecule has 0 spiro atoms. The highest BCUT2D eigenvalue weighted by molar-refractivity contribution is 6.19. The number of aliphatic hydroxyl groups is 1. The molecule has 16 heavy (non-hydrogen) atoms. The molecule has 0 aliphatic rings. The minimum absolute atomic E-state index is 0.286. The molecule has 90 valence electrons. The predicted molar refractivity (Wildman–Crippen MR) is 70.3 cm³/mol. The van der Waals surface area contributed by atoms with Crippen LogP contribution < -0.4 is 0 Å². The van der Waals surface area contributed by atoms with E-state index in [0.717, 1.165) is 19.3 Å². The molecule has 0 amide bonds. The number of alkyl halides is 1. The highest BCUT2D eigenvalue weighted by atomic mass is 35.5. The molecule has 1 atom stereocenters. The zero-order valence-electron chi connectivity index (χ0n) is 10.1. The number of aliphatic hydroxyl groups excluding tert-OH is 1. The molecule has 0 saturated heterocycles. The van der Waals surface area contributed by atoms with Gasteiger partial charge in [-0.05, 0) is 19.3 Å². The van der Waals surface area contributed by atoms with Gasteiger partial charge in [-0.25, -0.2) is 0 Å².